The molecule has 1 N–H and O–H groups in total. The molecule has 0 radical (unpaired) electrons. The number of hydrogen-bond acceptors (Lipinski definition) is 7. The van der Waals surface area contributed by atoms with Crippen LogP contribution in [0, 0.1) is 0 Å². The van der Waals surface area contributed by atoms with Crippen molar-refractivity contribution in [1.29, 1.82) is 0 Å². The number of nitrogens with one attached hydrogen (secondary N) is 1. The van der Waals surface area contributed by atoms with Crippen molar-refractivity contribution in [2.24, 2.45) is 0 Å². The third-order valence-corrected chi connectivity index (χ3v) is 8.54. The predicted octanol–water partition coefficient (Wildman–Crippen LogP) is 4.24. The first kappa shape index (κ1) is 32.3. The summed E-state index contributed by atoms with van der Waals surface area (Å²) in [5, 5.41) is 2.88. The van der Waals surface area contributed by atoms with E-state index < -0.39 is 28.5 Å². The second-order valence-corrected chi connectivity index (χ2v) is 11.4. The van der Waals surface area contributed by atoms with Crippen LogP contribution < -0.4 is 23.8 Å². The number of ether oxygens (including phenoxy) is 3. The molecule has 0 aliphatic heterocycles. The van der Waals surface area contributed by atoms with Gasteiger partial charge in [-0.25, -0.2) is 8.42 Å². The first-order chi connectivity index (χ1) is 20.2. The zero-order valence-corrected chi connectivity index (χ0v) is 25.5. The van der Waals surface area contributed by atoms with Crippen molar-refractivity contribution in [1.82, 2.24) is 10.2 Å². The molecule has 0 aliphatic carbocycles. The molecule has 0 fully saturated rings. The van der Waals surface area contributed by atoms with Crippen molar-refractivity contribution in [2.75, 3.05) is 38.7 Å². The number of carbonyl (C=O) groups is 2. The van der Waals surface area contributed by atoms with Gasteiger partial charge < -0.3 is 24.4 Å². The fourth-order valence-electron chi connectivity index (χ4n) is 4.31. The molecule has 226 valence electrons. The summed E-state index contributed by atoms with van der Waals surface area (Å²) in [6, 6.07) is 18.8. The second kappa shape index (κ2) is 15.1. The van der Waals surface area contributed by atoms with Crippen LogP contribution in [0.25, 0.3) is 0 Å². The Balaban J connectivity index is 2.05. The van der Waals surface area contributed by atoms with E-state index in [0.29, 0.717) is 23.8 Å². The van der Waals surface area contributed by atoms with Gasteiger partial charge in [-0.2, -0.15) is 0 Å². The summed E-state index contributed by atoms with van der Waals surface area (Å²) in [6.45, 7) is 3.61. The zero-order valence-electron chi connectivity index (χ0n) is 24.7. The minimum absolute atomic E-state index is 0.0114. The number of methoxy groups -OCH3 is 3. The monoisotopic (exact) mass is 597 g/mol. The van der Waals surface area contributed by atoms with Crippen LogP contribution in [0.2, 0.25) is 0 Å². The highest BCUT2D eigenvalue weighted by Gasteiger charge is 2.33. The number of sulfonamides is 1. The molecule has 0 unspecified atom stereocenters. The molecule has 0 heterocycles. The molecule has 11 heteroatoms. The molecule has 0 spiro atoms. The fourth-order valence-corrected chi connectivity index (χ4v) is 5.74. The van der Waals surface area contributed by atoms with Crippen LogP contribution in [0.1, 0.15) is 32.3 Å². The number of anilines is 1. The SMILES string of the molecule is CCCCNC(=O)[C@@H](C)N(Cc1cccc(OC)c1)C(=O)CN(c1ccc(OC)c(OC)c1)S(=O)(=O)c1ccccc1. The van der Waals surface area contributed by atoms with Crippen molar-refractivity contribution in [3.8, 4) is 17.2 Å². The summed E-state index contributed by atoms with van der Waals surface area (Å²) in [5.41, 5.74) is 0.922. The number of rotatable bonds is 15. The summed E-state index contributed by atoms with van der Waals surface area (Å²) < 4.78 is 45.0. The Hall–Kier alpha value is -4.25. The highest BCUT2D eigenvalue weighted by molar-refractivity contribution is 7.92. The average Bonchev–Trinajstić information content (AvgIpc) is 3.02. The maximum Gasteiger partial charge on any atom is 0.264 e. The highest BCUT2D eigenvalue weighted by atomic mass is 32.2. The molecule has 3 aromatic rings. The molecule has 0 aromatic heterocycles. The van der Waals surface area contributed by atoms with Crippen LogP contribution in [0.5, 0.6) is 17.2 Å². The molecule has 0 saturated carbocycles. The predicted molar refractivity (Wildman–Crippen MR) is 161 cm³/mol. The molecule has 0 aliphatic rings. The smallest absolute Gasteiger partial charge is 0.264 e. The Morgan fingerprint density at radius 1 is 0.881 bits per heavy atom. The largest absolute Gasteiger partial charge is 0.497 e. The number of unbranched alkanes of at least 4 members (excludes halogenated alkanes) is 1. The number of benzene rings is 3. The summed E-state index contributed by atoms with van der Waals surface area (Å²) in [4.78, 5) is 28.6. The maximum atomic E-state index is 14.1. The first-order valence-corrected chi connectivity index (χ1v) is 15.1. The van der Waals surface area contributed by atoms with E-state index in [0.717, 1.165) is 22.7 Å². The molecular formula is C31H39N3O7S. The van der Waals surface area contributed by atoms with Crippen LogP contribution in [0.3, 0.4) is 0 Å². The number of nitrogens with zero attached hydrogens (tertiary/aromatic N) is 2. The zero-order chi connectivity index (χ0) is 30.7. The molecule has 3 rings (SSSR count). The van der Waals surface area contributed by atoms with Crippen LogP contribution in [-0.4, -0.2) is 65.6 Å². The average molecular weight is 598 g/mol. The standard InChI is InChI=1S/C31H39N3O7S/c1-6-7-18-32-31(36)23(2)33(21-24-12-11-13-26(19-24)39-3)30(35)22-34(42(37,38)27-14-9-8-10-15-27)25-16-17-28(40-4)29(20-25)41-5/h8-17,19-20,23H,6-7,18,21-22H2,1-5H3,(H,32,36)/t23-/m1/s1. The van der Waals surface area contributed by atoms with Gasteiger partial charge in [0.25, 0.3) is 10.0 Å². The van der Waals surface area contributed by atoms with Crippen molar-refractivity contribution in [3.05, 3.63) is 78.4 Å². The van der Waals surface area contributed by atoms with Crippen LogP contribution >= 0.6 is 0 Å². The lowest BCUT2D eigenvalue weighted by Crippen LogP contribution is -2.51. The molecule has 10 nitrogen and oxygen atoms in total. The molecule has 0 bridgehead atoms. The molecule has 42 heavy (non-hydrogen) atoms. The van der Waals surface area contributed by atoms with Gasteiger partial charge in [0, 0.05) is 19.2 Å². The van der Waals surface area contributed by atoms with E-state index in [4.69, 9.17) is 14.2 Å². The summed E-state index contributed by atoms with van der Waals surface area (Å²) >= 11 is 0. The Morgan fingerprint density at radius 3 is 2.24 bits per heavy atom. The van der Waals surface area contributed by atoms with Crippen molar-refractivity contribution in [3.63, 3.8) is 0 Å². The summed E-state index contributed by atoms with van der Waals surface area (Å²) in [5.74, 6) is 0.404. The summed E-state index contributed by atoms with van der Waals surface area (Å²) in [6.07, 6.45) is 1.70. The van der Waals surface area contributed by atoms with E-state index in [-0.39, 0.29) is 23.0 Å². The third kappa shape index (κ3) is 7.94. The van der Waals surface area contributed by atoms with Crippen molar-refractivity contribution >= 4 is 27.5 Å². The Morgan fingerprint density at radius 2 is 1.60 bits per heavy atom. The van der Waals surface area contributed by atoms with E-state index in [9.17, 15) is 18.0 Å². The van der Waals surface area contributed by atoms with Gasteiger partial charge in [0.2, 0.25) is 11.8 Å². The van der Waals surface area contributed by atoms with Gasteiger partial charge in [0.05, 0.1) is 31.9 Å². The lowest BCUT2D eigenvalue weighted by atomic mass is 10.1. The lowest BCUT2D eigenvalue weighted by Gasteiger charge is -2.32. The van der Waals surface area contributed by atoms with Gasteiger partial charge in [-0.05, 0) is 55.3 Å². The minimum Gasteiger partial charge on any atom is -0.497 e. The molecule has 2 amide bonds. The van der Waals surface area contributed by atoms with E-state index in [1.54, 1.807) is 62.6 Å². The molecular weight excluding hydrogens is 558 g/mol. The van der Waals surface area contributed by atoms with E-state index in [1.165, 1.54) is 37.3 Å². The van der Waals surface area contributed by atoms with Crippen molar-refractivity contribution < 1.29 is 32.2 Å². The van der Waals surface area contributed by atoms with Crippen LogP contribution in [0.4, 0.5) is 5.69 Å². The number of amides is 2. The highest BCUT2D eigenvalue weighted by Crippen LogP contribution is 2.34. The normalized spacial score (nSPS) is 11.7. The second-order valence-electron chi connectivity index (χ2n) is 9.56. The van der Waals surface area contributed by atoms with Gasteiger partial charge in [0.15, 0.2) is 11.5 Å². The quantitative estimate of drug-likeness (QED) is 0.261. The van der Waals surface area contributed by atoms with E-state index in [2.05, 4.69) is 5.32 Å². The van der Waals surface area contributed by atoms with Gasteiger partial charge in [-0.1, -0.05) is 43.7 Å². The fraction of sp³-hybridized carbons (Fsp3) is 0.355. The molecule has 0 saturated heterocycles. The Labute approximate surface area is 248 Å². The Kier molecular flexibility index (Phi) is 11.6. The topological polar surface area (TPSA) is 114 Å². The van der Waals surface area contributed by atoms with E-state index >= 15 is 0 Å². The summed E-state index contributed by atoms with van der Waals surface area (Å²) in [7, 11) is 0.255. The lowest BCUT2D eigenvalue weighted by molar-refractivity contribution is -0.139. The van der Waals surface area contributed by atoms with E-state index in [1.807, 2.05) is 13.0 Å². The number of carbonyl (C=O) groups excluding carboxylic acids is 2. The minimum atomic E-state index is -4.21. The molecule has 3 aromatic carbocycles. The van der Waals surface area contributed by atoms with Gasteiger partial charge in [-0.15, -0.1) is 0 Å². The van der Waals surface area contributed by atoms with Gasteiger partial charge in [-0.3, -0.25) is 13.9 Å². The third-order valence-electron chi connectivity index (χ3n) is 6.75. The maximum absolute atomic E-state index is 14.1. The molecule has 1 atom stereocenters. The number of hydrogen-bond donors (Lipinski definition) is 1. The van der Waals surface area contributed by atoms with Crippen molar-refractivity contribution in [2.45, 2.75) is 44.2 Å². The first-order valence-electron chi connectivity index (χ1n) is 13.7. The van der Waals surface area contributed by atoms with Crippen LogP contribution in [-0.2, 0) is 26.2 Å². The van der Waals surface area contributed by atoms with Crippen LogP contribution in [0.15, 0.2) is 77.7 Å². The van der Waals surface area contributed by atoms with Gasteiger partial charge in [0.1, 0.15) is 18.3 Å². The van der Waals surface area contributed by atoms with Gasteiger partial charge >= 0.3 is 0 Å². The Bertz CT molecular complexity index is 1450.